The Bertz CT molecular complexity index is 674. The SMILES string of the molecule is CC(C)CC(=O)Nc1ccc(C(=O)N/N=C\c2ccoc2)cc1. The first-order valence-corrected chi connectivity index (χ1v) is 7.30. The maximum Gasteiger partial charge on any atom is 0.271 e. The molecule has 2 N–H and O–H groups in total. The van der Waals surface area contributed by atoms with Crippen molar-refractivity contribution in [3.63, 3.8) is 0 Å². The van der Waals surface area contributed by atoms with Crippen LogP contribution in [0, 0.1) is 5.92 Å². The molecular weight excluding hydrogens is 294 g/mol. The van der Waals surface area contributed by atoms with Crippen molar-refractivity contribution in [2.75, 3.05) is 5.32 Å². The van der Waals surface area contributed by atoms with Gasteiger partial charge in [-0.05, 0) is 36.2 Å². The number of hydrazone groups is 1. The van der Waals surface area contributed by atoms with Crippen molar-refractivity contribution in [1.82, 2.24) is 5.43 Å². The van der Waals surface area contributed by atoms with Crippen LogP contribution >= 0.6 is 0 Å². The van der Waals surface area contributed by atoms with E-state index in [2.05, 4.69) is 15.8 Å². The minimum absolute atomic E-state index is 0.0399. The number of anilines is 1. The summed E-state index contributed by atoms with van der Waals surface area (Å²) in [6.07, 6.45) is 4.99. The fraction of sp³-hybridized carbons (Fsp3) is 0.235. The van der Waals surface area contributed by atoms with Gasteiger partial charge in [-0.15, -0.1) is 0 Å². The van der Waals surface area contributed by atoms with Crippen LogP contribution in [0.25, 0.3) is 0 Å². The lowest BCUT2D eigenvalue weighted by Crippen LogP contribution is -2.18. The number of carbonyl (C=O) groups is 2. The van der Waals surface area contributed by atoms with E-state index in [4.69, 9.17) is 4.42 Å². The van der Waals surface area contributed by atoms with Gasteiger partial charge in [0.2, 0.25) is 5.91 Å². The van der Waals surface area contributed by atoms with Crippen molar-refractivity contribution in [3.05, 3.63) is 54.0 Å². The Labute approximate surface area is 134 Å². The van der Waals surface area contributed by atoms with E-state index in [1.165, 1.54) is 18.7 Å². The first-order chi connectivity index (χ1) is 11.0. The molecule has 2 rings (SSSR count). The van der Waals surface area contributed by atoms with Gasteiger partial charge >= 0.3 is 0 Å². The van der Waals surface area contributed by atoms with Gasteiger partial charge in [0.15, 0.2) is 0 Å². The van der Waals surface area contributed by atoms with Crippen LogP contribution in [0.2, 0.25) is 0 Å². The van der Waals surface area contributed by atoms with Crippen molar-refractivity contribution in [2.24, 2.45) is 11.0 Å². The van der Waals surface area contributed by atoms with E-state index in [-0.39, 0.29) is 11.8 Å². The third kappa shape index (κ3) is 5.43. The molecule has 2 aromatic rings. The number of amides is 2. The van der Waals surface area contributed by atoms with Crippen molar-refractivity contribution in [2.45, 2.75) is 20.3 Å². The molecular formula is C17H19N3O3. The minimum atomic E-state index is -0.329. The second-order valence-electron chi connectivity index (χ2n) is 5.48. The lowest BCUT2D eigenvalue weighted by atomic mass is 10.1. The maximum absolute atomic E-state index is 11.9. The van der Waals surface area contributed by atoms with Gasteiger partial charge in [0.05, 0.1) is 18.7 Å². The lowest BCUT2D eigenvalue weighted by molar-refractivity contribution is -0.116. The van der Waals surface area contributed by atoms with E-state index in [0.29, 0.717) is 23.6 Å². The van der Waals surface area contributed by atoms with Crippen molar-refractivity contribution in [3.8, 4) is 0 Å². The Kier molecular flexibility index (Phi) is 5.68. The molecule has 23 heavy (non-hydrogen) atoms. The average Bonchev–Trinajstić information content (AvgIpc) is 3.00. The molecule has 0 aliphatic carbocycles. The van der Waals surface area contributed by atoms with Gasteiger partial charge in [-0.3, -0.25) is 9.59 Å². The highest BCUT2D eigenvalue weighted by atomic mass is 16.3. The fourth-order valence-electron chi connectivity index (χ4n) is 1.87. The molecule has 2 amide bonds. The first-order valence-electron chi connectivity index (χ1n) is 7.30. The number of hydrogen-bond donors (Lipinski definition) is 2. The van der Waals surface area contributed by atoms with Crippen LogP contribution in [0.15, 0.2) is 52.4 Å². The van der Waals surface area contributed by atoms with Crippen LogP contribution < -0.4 is 10.7 Å². The predicted molar refractivity (Wildman–Crippen MR) is 88.3 cm³/mol. The molecule has 1 aromatic carbocycles. The standard InChI is InChI=1S/C17H19N3O3/c1-12(2)9-16(21)19-15-5-3-14(4-6-15)17(22)20-18-10-13-7-8-23-11-13/h3-8,10-12H,9H2,1-2H3,(H,19,21)(H,20,22)/b18-10-. The summed E-state index contributed by atoms with van der Waals surface area (Å²) >= 11 is 0. The number of furan rings is 1. The Hall–Kier alpha value is -2.89. The summed E-state index contributed by atoms with van der Waals surface area (Å²) in [4.78, 5) is 23.6. The van der Waals surface area contributed by atoms with Crippen molar-refractivity contribution in [1.29, 1.82) is 0 Å². The molecule has 0 bridgehead atoms. The Balaban J connectivity index is 1.88. The number of rotatable bonds is 6. The first kappa shape index (κ1) is 16.5. The molecule has 120 valence electrons. The van der Waals surface area contributed by atoms with Gasteiger partial charge in [-0.25, -0.2) is 5.43 Å². The number of carbonyl (C=O) groups excluding carboxylic acids is 2. The molecule has 0 unspecified atom stereocenters. The summed E-state index contributed by atoms with van der Waals surface area (Å²) in [5, 5.41) is 6.63. The molecule has 0 aliphatic heterocycles. The molecule has 0 radical (unpaired) electrons. The van der Waals surface area contributed by atoms with E-state index < -0.39 is 0 Å². The van der Waals surface area contributed by atoms with Crippen LogP contribution in [0.5, 0.6) is 0 Å². The molecule has 1 aromatic heterocycles. The largest absolute Gasteiger partial charge is 0.472 e. The molecule has 0 saturated heterocycles. The minimum Gasteiger partial charge on any atom is -0.472 e. The normalized spacial score (nSPS) is 10.9. The quantitative estimate of drug-likeness (QED) is 0.635. The van der Waals surface area contributed by atoms with E-state index in [9.17, 15) is 9.59 Å². The lowest BCUT2D eigenvalue weighted by Gasteiger charge is -2.07. The van der Waals surface area contributed by atoms with Gasteiger partial charge in [0.1, 0.15) is 0 Å². The number of hydrogen-bond acceptors (Lipinski definition) is 4. The molecule has 0 aliphatic rings. The molecule has 0 saturated carbocycles. The Morgan fingerprint density at radius 1 is 1.22 bits per heavy atom. The molecule has 6 nitrogen and oxygen atoms in total. The van der Waals surface area contributed by atoms with Crippen LogP contribution in [-0.2, 0) is 4.79 Å². The van der Waals surface area contributed by atoms with Gasteiger partial charge in [0.25, 0.3) is 5.91 Å². The second-order valence-corrected chi connectivity index (χ2v) is 5.48. The molecule has 6 heteroatoms. The third-order valence-electron chi connectivity index (χ3n) is 2.95. The van der Waals surface area contributed by atoms with Gasteiger partial charge < -0.3 is 9.73 Å². The van der Waals surface area contributed by atoms with Crippen molar-refractivity contribution < 1.29 is 14.0 Å². The van der Waals surface area contributed by atoms with Gasteiger partial charge in [-0.1, -0.05) is 13.8 Å². The fourth-order valence-corrected chi connectivity index (χ4v) is 1.87. The molecule has 0 atom stereocenters. The maximum atomic E-state index is 11.9. The molecule has 0 spiro atoms. The highest BCUT2D eigenvalue weighted by molar-refractivity contribution is 5.96. The topological polar surface area (TPSA) is 83.7 Å². The summed E-state index contributed by atoms with van der Waals surface area (Å²) in [5.41, 5.74) is 4.30. The van der Waals surface area contributed by atoms with E-state index >= 15 is 0 Å². The number of nitrogens with one attached hydrogen (secondary N) is 2. The summed E-state index contributed by atoms with van der Waals surface area (Å²) in [5.74, 6) is -0.0696. The summed E-state index contributed by atoms with van der Waals surface area (Å²) in [6.45, 7) is 3.97. The van der Waals surface area contributed by atoms with Crippen LogP contribution in [0.3, 0.4) is 0 Å². The molecule has 1 heterocycles. The zero-order chi connectivity index (χ0) is 16.7. The van der Waals surface area contributed by atoms with E-state index in [0.717, 1.165) is 5.56 Å². The number of nitrogens with zero attached hydrogens (tertiary/aromatic N) is 1. The highest BCUT2D eigenvalue weighted by Gasteiger charge is 2.07. The monoisotopic (exact) mass is 313 g/mol. The average molecular weight is 313 g/mol. The summed E-state index contributed by atoms with van der Waals surface area (Å²) in [7, 11) is 0. The van der Waals surface area contributed by atoms with E-state index in [1.54, 1.807) is 30.3 Å². The van der Waals surface area contributed by atoms with Crippen LogP contribution in [0.1, 0.15) is 36.2 Å². The highest BCUT2D eigenvalue weighted by Crippen LogP contribution is 2.11. The Morgan fingerprint density at radius 3 is 2.57 bits per heavy atom. The zero-order valence-electron chi connectivity index (χ0n) is 13.1. The van der Waals surface area contributed by atoms with Crippen molar-refractivity contribution >= 4 is 23.7 Å². The summed E-state index contributed by atoms with van der Waals surface area (Å²) in [6, 6.07) is 8.37. The molecule has 0 fully saturated rings. The van der Waals surface area contributed by atoms with E-state index in [1.807, 2.05) is 13.8 Å². The van der Waals surface area contributed by atoms with Gasteiger partial charge in [0, 0.05) is 23.2 Å². The zero-order valence-corrected chi connectivity index (χ0v) is 13.1. The predicted octanol–water partition coefficient (Wildman–Crippen LogP) is 3.03. The van der Waals surface area contributed by atoms with Gasteiger partial charge in [-0.2, -0.15) is 5.10 Å². The Morgan fingerprint density at radius 2 is 1.96 bits per heavy atom. The smallest absolute Gasteiger partial charge is 0.271 e. The number of benzene rings is 1. The third-order valence-corrected chi connectivity index (χ3v) is 2.95. The second kappa shape index (κ2) is 7.93. The van der Waals surface area contributed by atoms with Crippen LogP contribution in [0.4, 0.5) is 5.69 Å². The van der Waals surface area contributed by atoms with Crippen LogP contribution in [-0.4, -0.2) is 18.0 Å². The summed E-state index contributed by atoms with van der Waals surface area (Å²) < 4.78 is 4.89.